The number of thioether (sulfide) groups is 1. The predicted octanol–water partition coefficient (Wildman–Crippen LogP) is 4.25. The van der Waals surface area contributed by atoms with E-state index in [1.54, 1.807) is 30.2 Å². The molecule has 0 saturated carbocycles. The fourth-order valence-electron chi connectivity index (χ4n) is 2.68. The van der Waals surface area contributed by atoms with Gasteiger partial charge in [-0.15, -0.1) is 0 Å². The molecule has 0 atom stereocenters. The molecular formula is C22H21BrN2O5S. The number of carbonyl (C=O) groups is 2. The molecule has 2 aromatic carbocycles. The Hall–Kier alpha value is -2.62. The van der Waals surface area contributed by atoms with E-state index in [2.05, 4.69) is 25.7 Å². The molecule has 3 rings (SSSR count). The van der Waals surface area contributed by atoms with Crippen LogP contribution >= 0.6 is 27.7 Å². The highest BCUT2D eigenvalue weighted by molar-refractivity contribution is 9.10. The monoisotopic (exact) mass is 504 g/mol. The summed E-state index contributed by atoms with van der Waals surface area (Å²) in [7, 11) is 2.89. The van der Waals surface area contributed by atoms with Crippen LogP contribution < -0.4 is 4.74 Å². The Morgan fingerprint density at radius 3 is 2.68 bits per heavy atom. The number of ether oxygens (including phenoxy) is 3. The van der Waals surface area contributed by atoms with E-state index in [1.165, 1.54) is 18.9 Å². The maximum atomic E-state index is 13.1. The molecule has 1 aliphatic heterocycles. The topological polar surface area (TPSA) is 77.4 Å². The smallest absolute Gasteiger partial charge is 0.343 e. The molecule has 0 spiro atoms. The minimum atomic E-state index is -0.490. The van der Waals surface area contributed by atoms with Crippen molar-refractivity contribution in [3.8, 4) is 5.75 Å². The highest BCUT2D eigenvalue weighted by atomic mass is 79.9. The van der Waals surface area contributed by atoms with Crippen molar-refractivity contribution < 1.29 is 23.8 Å². The van der Waals surface area contributed by atoms with Crippen LogP contribution in [0.1, 0.15) is 5.56 Å². The number of esters is 1. The number of para-hydroxylation sites is 1. The van der Waals surface area contributed by atoms with E-state index >= 15 is 0 Å². The molecule has 31 heavy (non-hydrogen) atoms. The van der Waals surface area contributed by atoms with Crippen LogP contribution in [0.15, 0.2) is 62.9 Å². The third-order valence-corrected chi connectivity index (χ3v) is 5.72. The summed E-state index contributed by atoms with van der Waals surface area (Å²) in [4.78, 5) is 31.3. The van der Waals surface area contributed by atoms with Gasteiger partial charge in [0.2, 0.25) is 0 Å². The molecule has 0 aliphatic carbocycles. The summed E-state index contributed by atoms with van der Waals surface area (Å²) < 4.78 is 16.2. The normalized spacial score (nSPS) is 16.2. The van der Waals surface area contributed by atoms with Gasteiger partial charge in [-0.3, -0.25) is 9.69 Å². The summed E-state index contributed by atoms with van der Waals surface area (Å²) >= 11 is 4.72. The van der Waals surface area contributed by atoms with Gasteiger partial charge in [-0.2, -0.15) is 0 Å². The van der Waals surface area contributed by atoms with Crippen LogP contribution in [-0.2, 0) is 19.1 Å². The van der Waals surface area contributed by atoms with Gasteiger partial charge in [0.1, 0.15) is 5.75 Å². The Bertz CT molecular complexity index is 1010. The summed E-state index contributed by atoms with van der Waals surface area (Å²) in [6.07, 6.45) is 1.73. The minimum absolute atomic E-state index is 0.171. The second-order valence-corrected chi connectivity index (χ2v) is 8.26. The first-order valence-corrected chi connectivity index (χ1v) is 11.0. The molecule has 1 amide bonds. The Morgan fingerprint density at radius 1 is 1.19 bits per heavy atom. The van der Waals surface area contributed by atoms with E-state index < -0.39 is 5.97 Å². The van der Waals surface area contributed by atoms with E-state index in [4.69, 9.17) is 9.47 Å². The number of methoxy groups -OCH3 is 2. The zero-order valence-electron chi connectivity index (χ0n) is 17.0. The molecule has 1 heterocycles. The number of hydrogen-bond acceptors (Lipinski definition) is 7. The second kappa shape index (κ2) is 11.1. The number of nitrogens with zero attached hydrogens (tertiary/aromatic N) is 2. The summed E-state index contributed by atoms with van der Waals surface area (Å²) in [6, 6.07) is 14.8. The van der Waals surface area contributed by atoms with Crippen LogP contribution in [0, 0.1) is 0 Å². The molecule has 0 N–H and O–H groups in total. The van der Waals surface area contributed by atoms with Crippen LogP contribution in [0.3, 0.4) is 0 Å². The number of benzene rings is 2. The van der Waals surface area contributed by atoms with E-state index in [9.17, 15) is 9.59 Å². The van der Waals surface area contributed by atoms with Gasteiger partial charge in [-0.1, -0.05) is 34.1 Å². The van der Waals surface area contributed by atoms with Crippen molar-refractivity contribution in [1.29, 1.82) is 0 Å². The van der Waals surface area contributed by atoms with E-state index in [0.717, 1.165) is 10.2 Å². The lowest BCUT2D eigenvalue weighted by molar-refractivity contribution is -0.142. The Balaban J connectivity index is 1.93. The molecule has 162 valence electrons. The molecular weight excluding hydrogens is 484 g/mol. The molecule has 1 aliphatic rings. The van der Waals surface area contributed by atoms with Crippen LogP contribution in [0.4, 0.5) is 5.69 Å². The number of halogens is 1. The lowest BCUT2D eigenvalue weighted by atomic mass is 10.2. The van der Waals surface area contributed by atoms with E-state index in [0.29, 0.717) is 34.5 Å². The van der Waals surface area contributed by atoms with Crippen LogP contribution in [-0.4, -0.2) is 55.9 Å². The van der Waals surface area contributed by atoms with Gasteiger partial charge in [-0.25, -0.2) is 9.79 Å². The van der Waals surface area contributed by atoms with Crippen molar-refractivity contribution in [3.05, 3.63) is 63.5 Å². The maximum absolute atomic E-state index is 13.1. The molecule has 2 aromatic rings. The van der Waals surface area contributed by atoms with Crippen molar-refractivity contribution in [1.82, 2.24) is 4.90 Å². The van der Waals surface area contributed by atoms with Crippen molar-refractivity contribution in [2.75, 3.05) is 34.0 Å². The zero-order chi connectivity index (χ0) is 22.2. The first-order valence-electron chi connectivity index (χ1n) is 9.35. The molecule has 0 radical (unpaired) electrons. The molecule has 1 fully saturated rings. The van der Waals surface area contributed by atoms with Gasteiger partial charge < -0.3 is 14.2 Å². The number of rotatable bonds is 8. The molecule has 0 bridgehead atoms. The Labute approximate surface area is 193 Å². The van der Waals surface area contributed by atoms with Gasteiger partial charge in [0, 0.05) is 17.1 Å². The van der Waals surface area contributed by atoms with Gasteiger partial charge in [0.15, 0.2) is 11.8 Å². The van der Waals surface area contributed by atoms with Crippen LogP contribution in [0.5, 0.6) is 5.75 Å². The van der Waals surface area contributed by atoms with E-state index in [-0.39, 0.29) is 12.5 Å². The number of amides is 1. The largest absolute Gasteiger partial charge is 0.481 e. The molecule has 0 unspecified atom stereocenters. The quantitative estimate of drug-likeness (QED) is 0.395. The first kappa shape index (κ1) is 23.1. The van der Waals surface area contributed by atoms with Gasteiger partial charge in [-0.05, 0) is 48.2 Å². The summed E-state index contributed by atoms with van der Waals surface area (Å²) in [5, 5.41) is 0.575. The summed E-state index contributed by atoms with van der Waals surface area (Å²) in [5.41, 5.74) is 1.41. The van der Waals surface area contributed by atoms with Gasteiger partial charge in [0.25, 0.3) is 5.91 Å². The number of amidine groups is 1. The van der Waals surface area contributed by atoms with Gasteiger partial charge >= 0.3 is 5.97 Å². The van der Waals surface area contributed by atoms with Crippen molar-refractivity contribution in [2.45, 2.75) is 0 Å². The van der Waals surface area contributed by atoms with Crippen molar-refractivity contribution in [2.24, 2.45) is 4.99 Å². The first-order chi connectivity index (χ1) is 15.0. The zero-order valence-corrected chi connectivity index (χ0v) is 19.4. The highest BCUT2D eigenvalue weighted by Gasteiger charge is 2.33. The number of hydrogen-bond donors (Lipinski definition) is 0. The Kier molecular flexibility index (Phi) is 8.27. The maximum Gasteiger partial charge on any atom is 0.343 e. The lowest BCUT2D eigenvalue weighted by Crippen LogP contribution is -2.32. The average molecular weight is 505 g/mol. The highest BCUT2D eigenvalue weighted by Crippen LogP contribution is 2.36. The Morgan fingerprint density at radius 2 is 1.97 bits per heavy atom. The molecule has 7 nitrogen and oxygen atoms in total. The standard InChI is InChI=1S/C22H21BrN2O5S/c1-28-11-10-25-21(27)19(31-22(25)24-17-6-4-3-5-7-17)13-15-12-16(23)8-9-18(15)30-14-20(26)29-2/h3-9,12-13H,10-11,14H2,1-2H3/b19-13+,24-22?. The molecule has 1 saturated heterocycles. The second-order valence-electron chi connectivity index (χ2n) is 6.34. The fourth-order valence-corrected chi connectivity index (χ4v) is 4.08. The van der Waals surface area contributed by atoms with Crippen molar-refractivity contribution >= 4 is 56.5 Å². The third kappa shape index (κ3) is 6.19. The average Bonchev–Trinajstić information content (AvgIpc) is 3.06. The SMILES string of the molecule is COCCN1C(=O)/C(=C\c2cc(Br)ccc2OCC(=O)OC)SC1=Nc1ccccc1. The lowest BCUT2D eigenvalue weighted by Gasteiger charge is -2.14. The number of carbonyl (C=O) groups excluding carboxylic acids is 2. The summed E-state index contributed by atoms with van der Waals surface area (Å²) in [5.74, 6) is -0.196. The predicted molar refractivity (Wildman–Crippen MR) is 124 cm³/mol. The van der Waals surface area contributed by atoms with Gasteiger partial charge in [0.05, 0.1) is 30.9 Å². The molecule has 9 heteroatoms. The number of aliphatic imine (C=N–C) groups is 1. The third-order valence-electron chi connectivity index (χ3n) is 4.22. The van der Waals surface area contributed by atoms with Crippen LogP contribution in [0.25, 0.3) is 6.08 Å². The summed E-state index contributed by atoms with van der Waals surface area (Å²) in [6.45, 7) is 0.545. The van der Waals surface area contributed by atoms with E-state index in [1.807, 2.05) is 36.4 Å². The molecule has 0 aromatic heterocycles. The minimum Gasteiger partial charge on any atom is -0.481 e. The van der Waals surface area contributed by atoms with Crippen LogP contribution in [0.2, 0.25) is 0 Å². The van der Waals surface area contributed by atoms with Crippen molar-refractivity contribution in [3.63, 3.8) is 0 Å². The fraction of sp³-hybridized carbons (Fsp3) is 0.227.